The third kappa shape index (κ3) is 4.61. The normalized spacial score (nSPS) is 10.1. The highest BCUT2D eigenvalue weighted by atomic mass is 19.1. The number of benzene rings is 1. The molecular weight excluding hydrogens is 273 g/mol. The van der Waals surface area contributed by atoms with E-state index in [0.717, 1.165) is 18.2 Å². The van der Waals surface area contributed by atoms with E-state index in [9.17, 15) is 24.1 Å². The first-order valence-corrected chi connectivity index (χ1v) is 5.50. The summed E-state index contributed by atoms with van der Waals surface area (Å²) < 4.78 is 17.8. The summed E-state index contributed by atoms with van der Waals surface area (Å²) in [5.74, 6) is -2.22. The maximum atomic E-state index is 13.0. The minimum Gasteiger partial charge on any atom is -0.370 e. The third-order valence-corrected chi connectivity index (χ3v) is 2.18. The molecule has 2 amide bonds. The van der Waals surface area contributed by atoms with Gasteiger partial charge in [-0.05, 0) is 12.1 Å². The minimum atomic E-state index is -0.807. The van der Waals surface area contributed by atoms with Gasteiger partial charge in [-0.25, -0.2) is 4.39 Å². The number of nitrogens with one attached hydrogen (secondary N) is 1. The fourth-order valence-corrected chi connectivity index (χ4v) is 1.35. The average molecular weight is 285 g/mol. The summed E-state index contributed by atoms with van der Waals surface area (Å²) in [4.78, 5) is 32.0. The average Bonchev–Trinajstić information content (AvgIpc) is 2.37. The van der Waals surface area contributed by atoms with E-state index < -0.39 is 28.2 Å². The Morgan fingerprint density at radius 3 is 2.75 bits per heavy atom. The van der Waals surface area contributed by atoms with Crippen molar-refractivity contribution in [2.75, 3.05) is 19.8 Å². The molecule has 3 N–H and O–H groups in total. The van der Waals surface area contributed by atoms with E-state index in [-0.39, 0.29) is 25.3 Å². The van der Waals surface area contributed by atoms with Crippen LogP contribution in [0.2, 0.25) is 0 Å². The van der Waals surface area contributed by atoms with Gasteiger partial charge in [-0.1, -0.05) is 0 Å². The van der Waals surface area contributed by atoms with Crippen molar-refractivity contribution in [3.63, 3.8) is 0 Å². The second kappa shape index (κ2) is 7.14. The summed E-state index contributed by atoms with van der Waals surface area (Å²) in [6, 6.07) is 2.58. The fourth-order valence-electron chi connectivity index (χ4n) is 1.35. The zero-order chi connectivity index (χ0) is 15.1. The van der Waals surface area contributed by atoms with Gasteiger partial charge in [0.1, 0.15) is 18.0 Å². The van der Waals surface area contributed by atoms with Gasteiger partial charge in [-0.15, -0.1) is 0 Å². The molecule has 0 radical (unpaired) electrons. The summed E-state index contributed by atoms with van der Waals surface area (Å²) in [7, 11) is 0. The van der Waals surface area contributed by atoms with Gasteiger partial charge in [-0.3, -0.25) is 19.7 Å². The molecule has 0 saturated heterocycles. The second-order valence-corrected chi connectivity index (χ2v) is 3.69. The van der Waals surface area contributed by atoms with Gasteiger partial charge in [0.05, 0.1) is 11.5 Å². The van der Waals surface area contributed by atoms with Crippen LogP contribution >= 0.6 is 0 Å². The number of nitro groups is 1. The summed E-state index contributed by atoms with van der Waals surface area (Å²) in [6.07, 6.45) is 0. The second-order valence-electron chi connectivity index (χ2n) is 3.69. The van der Waals surface area contributed by atoms with Gasteiger partial charge in [0.2, 0.25) is 5.91 Å². The van der Waals surface area contributed by atoms with Crippen LogP contribution in [0.15, 0.2) is 18.2 Å². The van der Waals surface area contributed by atoms with Crippen molar-refractivity contribution in [3.8, 4) is 0 Å². The van der Waals surface area contributed by atoms with Crippen molar-refractivity contribution in [1.29, 1.82) is 0 Å². The summed E-state index contributed by atoms with van der Waals surface area (Å²) >= 11 is 0. The van der Waals surface area contributed by atoms with E-state index in [0.29, 0.717) is 0 Å². The molecule has 0 heterocycles. The highest BCUT2D eigenvalue weighted by Crippen LogP contribution is 2.19. The summed E-state index contributed by atoms with van der Waals surface area (Å²) in [5, 5.41) is 13.0. The van der Waals surface area contributed by atoms with Crippen molar-refractivity contribution >= 4 is 17.5 Å². The predicted octanol–water partition coefficient (Wildman–Crippen LogP) is -0.0344. The first-order chi connectivity index (χ1) is 9.41. The molecule has 0 unspecified atom stereocenters. The Balaban J connectivity index is 2.61. The van der Waals surface area contributed by atoms with Gasteiger partial charge in [0.25, 0.3) is 11.6 Å². The Labute approximate surface area is 112 Å². The van der Waals surface area contributed by atoms with Crippen LogP contribution in [0, 0.1) is 15.9 Å². The van der Waals surface area contributed by atoms with Crippen LogP contribution in [0.3, 0.4) is 0 Å². The zero-order valence-corrected chi connectivity index (χ0v) is 10.3. The third-order valence-electron chi connectivity index (χ3n) is 2.18. The first-order valence-electron chi connectivity index (χ1n) is 5.50. The first kappa shape index (κ1) is 15.5. The van der Waals surface area contributed by atoms with Crippen molar-refractivity contribution in [3.05, 3.63) is 39.7 Å². The summed E-state index contributed by atoms with van der Waals surface area (Å²) in [6.45, 7) is -0.298. The quantitative estimate of drug-likeness (QED) is 0.413. The molecule has 9 heteroatoms. The van der Waals surface area contributed by atoms with Gasteiger partial charge in [0.15, 0.2) is 0 Å². The molecule has 0 aromatic heterocycles. The maximum Gasteiger partial charge on any atom is 0.282 e. The molecule has 1 aromatic rings. The number of ether oxygens (including phenoxy) is 1. The van der Waals surface area contributed by atoms with Crippen LogP contribution in [0.4, 0.5) is 10.1 Å². The largest absolute Gasteiger partial charge is 0.370 e. The lowest BCUT2D eigenvalue weighted by atomic mass is 10.1. The minimum absolute atomic E-state index is 0.000217. The molecule has 0 fully saturated rings. The number of hydrogen-bond acceptors (Lipinski definition) is 5. The van der Waals surface area contributed by atoms with E-state index in [1.54, 1.807) is 0 Å². The highest BCUT2D eigenvalue weighted by molar-refractivity contribution is 5.98. The number of rotatable bonds is 7. The molecule has 8 nitrogen and oxygen atoms in total. The number of nitro benzene ring substituents is 1. The Morgan fingerprint density at radius 2 is 2.15 bits per heavy atom. The molecule has 0 aliphatic rings. The number of primary amides is 1. The molecule has 0 bridgehead atoms. The molecule has 20 heavy (non-hydrogen) atoms. The molecule has 0 spiro atoms. The Kier molecular flexibility index (Phi) is 5.54. The maximum absolute atomic E-state index is 13.0. The van der Waals surface area contributed by atoms with Crippen LogP contribution in [0.5, 0.6) is 0 Å². The molecule has 108 valence electrons. The lowest BCUT2D eigenvalue weighted by molar-refractivity contribution is -0.385. The molecule has 0 saturated carbocycles. The Hall–Kier alpha value is -2.55. The predicted molar refractivity (Wildman–Crippen MR) is 65.4 cm³/mol. The van der Waals surface area contributed by atoms with E-state index in [2.05, 4.69) is 5.32 Å². The van der Waals surface area contributed by atoms with Crippen molar-refractivity contribution in [2.45, 2.75) is 0 Å². The van der Waals surface area contributed by atoms with E-state index >= 15 is 0 Å². The standard InChI is InChI=1S/C11H12FN3O5/c12-7-1-2-9(15(18)19)8(5-7)11(17)14-3-4-20-6-10(13)16/h1-2,5H,3-4,6H2,(H2,13,16)(H,14,17). The van der Waals surface area contributed by atoms with Gasteiger partial charge in [0, 0.05) is 12.6 Å². The number of amides is 2. The van der Waals surface area contributed by atoms with Crippen LogP contribution in [0.25, 0.3) is 0 Å². The zero-order valence-electron chi connectivity index (χ0n) is 10.3. The van der Waals surface area contributed by atoms with E-state index in [1.807, 2.05) is 0 Å². The molecule has 0 aliphatic carbocycles. The van der Waals surface area contributed by atoms with Gasteiger partial charge in [-0.2, -0.15) is 0 Å². The number of hydrogen-bond donors (Lipinski definition) is 2. The monoisotopic (exact) mass is 285 g/mol. The lowest BCUT2D eigenvalue weighted by Gasteiger charge is -2.06. The molecule has 1 rings (SSSR count). The van der Waals surface area contributed by atoms with Crippen molar-refractivity contribution in [1.82, 2.24) is 5.32 Å². The molecule has 1 aromatic carbocycles. The molecule has 0 atom stereocenters. The van der Waals surface area contributed by atoms with Gasteiger partial charge >= 0.3 is 0 Å². The molecule has 0 aliphatic heterocycles. The van der Waals surface area contributed by atoms with E-state index in [4.69, 9.17) is 10.5 Å². The number of nitrogens with two attached hydrogens (primary N) is 1. The fraction of sp³-hybridized carbons (Fsp3) is 0.273. The number of carbonyl (C=O) groups is 2. The Bertz CT molecular complexity index is 535. The summed E-state index contributed by atoms with van der Waals surface area (Å²) in [5.41, 5.74) is 3.94. The van der Waals surface area contributed by atoms with Crippen molar-refractivity contribution < 1.29 is 23.6 Å². The SMILES string of the molecule is NC(=O)COCCNC(=O)c1cc(F)ccc1[N+](=O)[O-]. The highest BCUT2D eigenvalue weighted by Gasteiger charge is 2.20. The van der Waals surface area contributed by atoms with Crippen LogP contribution < -0.4 is 11.1 Å². The van der Waals surface area contributed by atoms with Crippen molar-refractivity contribution in [2.24, 2.45) is 5.73 Å². The van der Waals surface area contributed by atoms with Crippen LogP contribution in [-0.4, -0.2) is 36.5 Å². The van der Waals surface area contributed by atoms with E-state index in [1.165, 1.54) is 0 Å². The van der Waals surface area contributed by atoms with Crippen LogP contribution in [0.1, 0.15) is 10.4 Å². The number of nitrogens with zero attached hydrogens (tertiary/aromatic N) is 1. The van der Waals surface area contributed by atoms with Crippen LogP contribution in [-0.2, 0) is 9.53 Å². The number of carbonyl (C=O) groups excluding carboxylic acids is 2. The molecular formula is C11H12FN3O5. The number of halogens is 1. The Morgan fingerprint density at radius 1 is 1.45 bits per heavy atom. The van der Waals surface area contributed by atoms with Gasteiger partial charge < -0.3 is 15.8 Å². The topological polar surface area (TPSA) is 125 Å². The lowest BCUT2D eigenvalue weighted by Crippen LogP contribution is -2.29. The smallest absolute Gasteiger partial charge is 0.282 e.